The predicted molar refractivity (Wildman–Crippen MR) is 94.3 cm³/mol. The van der Waals surface area contributed by atoms with E-state index in [0.717, 1.165) is 0 Å². The minimum atomic E-state index is -5.33. The number of alkyl halides is 6. The molecule has 10 heteroatoms. The molecule has 1 aliphatic rings. The third-order valence-electron chi connectivity index (χ3n) is 5.31. The molecule has 0 aromatic rings. The fourth-order valence-electron chi connectivity index (χ4n) is 4.10. The van der Waals surface area contributed by atoms with Crippen LogP contribution in [0.4, 0.5) is 26.3 Å². The van der Waals surface area contributed by atoms with Crippen molar-refractivity contribution in [3.63, 3.8) is 0 Å². The summed E-state index contributed by atoms with van der Waals surface area (Å²) in [6, 6.07) is 0. The monoisotopic (exact) mass is 410 g/mol. The average molecular weight is 410 g/mol. The molecule has 0 aromatic carbocycles. The van der Waals surface area contributed by atoms with Crippen LogP contribution in [0.2, 0.25) is 0 Å². The number of rotatable bonds is 10. The van der Waals surface area contributed by atoms with Crippen LogP contribution in [0, 0.1) is 0 Å². The summed E-state index contributed by atoms with van der Waals surface area (Å²) in [5, 5.41) is 0. The molecule has 26 heavy (non-hydrogen) atoms. The first-order valence-electron chi connectivity index (χ1n) is 9.21. The van der Waals surface area contributed by atoms with Gasteiger partial charge >= 0.3 is 17.8 Å². The van der Waals surface area contributed by atoms with Crippen molar-refractivity contribution in [1.29, 1.82) is 0 Å². The Morgan fingerprint density at radius 1 is 0.577 bits per heavy atom. The van der Waals surface area contributed by atoms with Gasteiger partial charge in [0, 0.05) is 39.3 Å². The summed E-state index contributed by atoms with van der Waals surface area (Å²) in [5.74, 6) is -14.9. The van der Waals surface area contributed by atoms with Crippen LogP contribution >= 0.6 is 7.71 Å². The zero-order valence-corrected chi connectivity index (χ0v) is 17.3. The van der Waals surface area contributed by atoms with E-state index in [0.29, 0.717) is 0 Å². The second-order valence-corrected chi connectivity index (χ2v) is 9.70. The summed E-state index contributed by atoms with van der Waals surface area (Å²) in [4.78, 5) is 0. The molecule has 156 valence electrons. The van der Waals surface area contributed by atoms with Crippen molar-refractivity contribution >= 4 is 7.71 Å². The highest BCUT2D eigenvalue weighted by molar-refractivity contribution is 7.70. The normalized spacial score (nSPS) is 22.3. The molecule has 0 aliphatic heterocycles. The molecule has 0 unspecified atom stereocenters. The molecule has 0 radical (unpaired) electrons. The highest BCUT2D eigenvalue weighted by Gasteiger charge is 2.99. The Morgan fingerprint density at radius 3 is 1.00 bits per heavy atom. The summed E-state index contributed by atoms with van der Waals surface area (Å²) < 4.78 is 90.6. The Balaban J connectivity index is 3.83. The fraction of sp³-hybridized carbons (Fsp3) is 1.00. The first-order valence-corrected chi connectivity index (χ1v) is 10.9. The fourth-order valence-corrected chi connectivity index (χ4v) is 9.84. The maximum absolute atomic E-state index is 14.6. The van der Waals surface area contributed by atoms with Crippen molar-refractivity contribution in [3.05, 3.63) is 0 Å². The molecule has 0 N–H and O–H groups in total. The average Bonchev–Trinajstić information content (AvgIpc) is 2.57. The van der Waals surface area contributed by atoms with Gasteiger partial charge in [-0.3, -0.25) is 0 Å². The van der Waals surface area contributed by atoms with Gasteiger partial charge in [0.05, 0.1) is 0 Å². The van der Waals surface area contributed by atoms with Crippen molar-refractivity contribution in [2.75, 3.05) is 39.3 Å². The molecule has 0 atom stereocenters. The molecule has 0 aromatic heterocycles. The van der Waals surface area contributed by atoms with Crippen LogP contribution in [-0.4, -0.2) is 76.7 Å². The lowest BCUT2D eigenvalue weighted by atomic mass is 9.83. The van der Waals surface area contributed by atoms with Crippen LogP contribution in [0.1, 0.15) is 41.5 Å². The number of hydrogen-bond donors (Lipinski definition) is 0. The van der Waals surface area contributed by atoms with E-state index >= 15 is 0 Å². The molecule has 0 bridgehead atoms. The largest absolute Gasteiger partial charge is 0.381 e. The highest BCUT2D eigenvalue weighted by atomic mass is 31.2. The Kier molecular flexibility index (Phi) is 7.45. The van der Waals surface area contributed by atoms with Crippen LogP contribution in [0.25, 0.3) is 0 Å². The Bertz CT molecular complexity index is 416. The van der Waals surface area contributed by atoms with Gasteiger partial charge in [0.15, 0.2) is 0 Å². The van der Waals surface area contributed by atoms with Gasteiger partial charge in [-0.15, -0.1) is 14.0 Å². The number of hydrogen-bond acceptors (Lipinski definition) is 3. The number of halogens is 6. The molecule has 0 spiro atoms. The van der Waals surface area contributed by atoms with Crippen molar-refractivity contribution in [2.45, 2.75) is 65.0 Å². The Hall–Kier alpha value is -0.110. The molecule has 1 saturated carbocycles. The second kappa shape index (κ2) is 8.10. The van der Waals surface area contributed by atoms with Gasteiger partial charge in [-0.25, -0.2) is 0 Å². The molecule has 0 heterocycles. The topological polar surface area (TPSA) is 9.72 Å². The number of nitrogens with zero attached hydrogens (tertiary/aromatic N) is 3. The molecular formula is C16H31F6N3P+. The maximum Gasteiger partial charge on any atom is 0.381 e. The molecule has 1 rings (SSSR count). The smallest absolute Gasteiger partial charge is 0.194 e. The van der Waals surface area contributed by atoms with Crippen LogP contribution in [0.15, 0.2) is 0 Å². The van der Waals surface area contributed by atoms with Gasteiger partial charge in [0.25, 0.3) is 5.66 Å². The van der Waals surface area contributed by atoms with Gasteiger partial charge < -0.3 is 0 Å². The maximum atomic E-state index is 14.6. The van der Waals surface area contributed by atoms with Crippen molar-refractivity contribution in [1.82, 2.24) is 14.0 Å². The van der Waals surface area contributed by atoms with Crippen LogP contribution in [-0.2, 0) is 0 Å². The molecule has 1 fully saturated rings. The molecular weight excluding hydrogens is 379 g/mol. The first kappa shape index (κ1) is 23.9. The van der Waals surface area contributed by atoms with E-state index in [2.05, 4.69) is 0 Å². The Morgan fingerprint density at radius 2 is 0.808 bits per heavy atom. The lowest BCUT2D eigenvalue weighted by Gasteiger charge is -2.58. The summed E-state index contributed by atoms with van der Waals surface area (Å²) in [6.45, 7) is 11.5. The van der Waals surface area contributed by atoms with E-state index in [4.69, 9.17) is 0 Å². The Labute approximate surface area is 153 Å². The quantitative estimate of drug-likeness (QED) is 0.368. The second-order valence-electron chi connectivity index (χ2n) is 6.25. The third-order valence-corrected chi connectivity index (χ3v) is 10.8. The third kappa shape index (κ3) is 2.88. The van der Waals surface area contributed by atoms with Crippen LogP contribution in [0.3, 0.4) is 0 Å². The van der Waals surface area contributed by atoms with E-state index < -0.39 is 31.1 Å². The standard InChI is InChI=1S/C16H31F6N3P/c1-7-23(8-2)26(24(9-3)10-4,25(11-5)12-6)13-14(17,18)16(21,22)15(13,19)20/h13H,7-12H2,1-6H3/q+1. The van der Waals surface area contributed by atoms with Crippen molar-refractivity contribution < 1.29 is 26.3 Å². The van der Waals surface area contributed by atoms with Crippen LogP contribution in [0.5, 0.6) is 0 Å². The van der Waals surface area contributed by atoms with E-state index in [9.17, 15) is 26.3 Å². The van der Waals surface area contributed by atoms with Gasteiger partial charge in [-0.05, 0) is 41.5 Å². The summed E-state index contributed by atoms with van der Waals surface area (Å²) in [5.41, 5.74) is -2.72. The van der Waals surface area contributed by atoms with E-state index in [1.54, 1.807) is 55.6 Å². The zero-order valence-electron chi connectivity index (χ0n) is 16.4. The van der Waals surface area contributed by atoms with Gasteiger partial charge in [0.1, 0.15) is 0 Å². The first-order chi connectivity index (χ1) is 11.9. The predicted octanol–water partition coefficient (Wildman–Crippen LogP) is 5.06. The van der Waals surface area contributed by atoms with Gasteiger partial charge in [0.2, 0.25) is 7.71 Å². The molecule has 0 saturated heterocycles. The van der Waals surface area contributed by atoms with Crippen molar-refractivity contribution in [2.24, 2.45) is 0 Å². The van der Waals surface area contributed by atoms with E-state index in [1.807, 2.05) is 0 Å². The van der Waals surface area contributed by atoms with E-state index in [1.165, 1.54) is 0 Å². The molecule has 0 amide bonds. The lowest BCUT2D eigenvalue weighted by Crippen LogP contribution is -2.81. The van der Waals surface area contributed by atoms with Gasteiger partial charge in [-0.2, -0.15) is 26.3 Å². The molecule has 3 nitrogen and oxygen atoms in total. The summed E-state index contributed by atoms with van der Waals surface area (Å²) in [6.07, 6.45) is 0. The highest BCUT2D eigenvalue weighted by Crippen LogP contribution is 2.83. The van der Waals surface area contributed by atoms with Gasteiger partial charge in [-0.1, -0.05) is 0 Å². The lowest BCUT2D eigenvalue weighted by molar-refractivity contribution is -0.393. The SMILES string of the molecule is CCN(CC)[P+](C1C(F)(F)C(F)(F)C1(F)F)(N(CC)CC)N(CC)CC. The molecule has 1 aliphatic carbocycles. The minimum Gasteiger partial charge on any atom is -0.194 e. The summed E-state index contributed by atoms with van der Waals surface area (Å²) in [7, 11) is -3.63. The van der Waals surface area contributed by atoms with Crippen molar-refractivity contribution in [3.8, 4) is 0 Å². The zero-order chi connectivity index (χ0) is 20.6. The minimum absolute atomic E-state index is 0.228. The summed E-state index contributed by atoms with van der Waals surface area (Å²) >= 11 is 0. The van der Waals surface area contributed by atoms with Crippen LogP contribution < -0.4 is 0 Å². The van der Waals surface area contributed by atoms with E-state index in [-0.39, 0.29) is 39.3 Å².